The maximum absolute atomic E-state index is 12.0. The quantitative estimate of drug-likeness (QED) is 0.835. The second-order valence-corrected chi connectivity index (χ2v) is 5.35. The number of aryl methyl sites for hydroxylation is 2. The van der Waals surface area contributed by atoms with Gasteiger partial charge < -0.3 is 15.0 Å². The van der Waals surface area contributed by atoms with Gasteiger partial charge in [0.25, 0.3) is 0 Å². The van der Waals surface area contributed by atoms with Crippen molar-refractivity contribution in [1.82, 2.24) is 10.2 Å². The van der Waals surface area contributed by atoms with Gasteiger partial charge in [-0.1, -0.05) is 12.1 Å². The first kappa shape index (κ1) is 14.9. The Bertz CT molecular complexity index is 454. The molecule has 1 aromatic carbocycles. The number of hydrogen-bond donors (Lipinski definition) is 1. The first-order chi connectivity index (χ1) is 9.66. The largest absolute Gasteiger partial charge is 0.493 e. The van der Waals surface area contributed by atoms with Crippen molar-refractivity contribution >= 4 is 5.91 Å². The van der Waals surface area contributed by atoms with Crippen LogP contribution in [0.5, 0.6) is 5.75 Å². The number of nitrogens with one attached hydrogen (secondary N) is 1. The number of carbonyl (C=O) groups excluding carboxylic acids is 1. The number of benzene rings is 1. The highest BCUT2D eigenvalue weighted by Gasteiger charge is 2.15. The lowest BCUT2D eigenvalue weighted by molar-refractivity contribution is -0.132. The normalized spacial score (nSPS) is 15.2. The lowest BCUT2D eigenvalue weighted by Crippen LogP contribution is -2.46. The maximum Gasteiger partial charge on any atom is 0.222 e. The Morgan fingerprint density at radius 2 is 2.05 bits per heavy atom. The van der Waals surface area contributed by atoms with Gasteiger partial charge in [0, 0.05) is 32.6 Å². The summed E-state index contributed by atoms with van der Waals surface area (Å²) in [5, 5.41) is 3.25. The van der Waals surface area contributed by atoms with Gasteiger partial charge >= 0.3 is 0 Å². The molecule has 1 saturated heterocycles. The van der Waals surface area contributed by atoms with Crippen molar-refractivity contribution < 1.29 is 9.53 Å². The van der Waals surface area contributed by atoms with E-state index in [1.165, 1.54) is 5.56 Å². The minimum absolute atomic E-state index is 0.246. The van der Waals surface area contributed by atoms with Crippen molar-refractivity contribution in [3.63, 3.8) is 0 Å². The molecule has 0 unspecified atom stereocenters. The van der Waals surface area contributed by atoms with Crippen LogP contribution in [0.25, 0.3) is 0 Å². The van der Waals surface area contributed by atoms with Gasteiger partial charge in [-0.15, -0.1) is 0 Å². The van der Waals surface area contributed by atoms with E-state index in [2.05, 4.69) is 24.4 Å². The number of amides is 1. The summed E-state index contributed by atoms with van der Waals surface area (Å²) in [6.45, 7) is 8.17. The van der Waals surface area contributed by atoms with Crippen molar-refractivity contribution in [2.75, 3.05) is 32.8 Å². The van der Waals surface area contributed by atoms with E-state index in [9.17, 15) is 4.79 Å². The van der Waals surface area contributed by atoms with E-state index >= 15 is 0 Å². The van der Waals surface area contributed by atoms with Crippen LogP contribution in [0, 0.1) is 13.8 Å². The highest BCUT2D eigenvalue weighted by atomic mass is 16.5. The fraction of sp³-hybridized carbons (Fsp3) is 0.562. The maximum atomic E-state index is 12.0. The van der Waals surface area contributed by atoms with Crippen molar-refractivity contribution in [2.45, 2.75) is 26.7 Å². The Balaban J connectivity index is 1.70. The van der Waals surface area contributed by atoms with Crippen LogP contribution in [0.3, 0.4) is 0 Å². The Kier molecular flexibility index (Phi) is 5.41. The van der Waals surface area contributed by atoms with Gasteiger partial charge in [0.1, 0.15) is 5.75 Å². The van der Waals surface area contributed by atoms with Crippen LogP contribution in [0.1, 0.15) is 24.0 Å². The molecule has 4 nitrogen and oxygen atoms in total. The standard InChI is InChI=1S/C16H24N2O2/c1-13-5-6-14(2)15(12-13)20-11-3-4-16(19)18-9-7-17-8-10-18/h5-6,12,17H,3-4,7-11H2,1-2H3. The third-order valence-corrected chi connectivity index (χ3v) is 3.61. The zero-order chi connectivity index (χ0) is 14.4. The summed E-state index contributed by atoms with van der Waals surface area (Å²) in [5.41, 5.74) is 2.34. The van der Waals surface area contributed by atoms with E-state index in [0.717, 1.165) is 43.9 Å². The molecule has 1 aromatic rings. The molecule has 0 radical (unpaired) electrons. The van der Waals surface area contributed by atoms with Crippen LogP contribution in [0.15, 0.2) is 18.2 Å². The minimum atomic E-state index is 0.246. The summed E-state index contributed by atoms with van der Waals surface area (Å²) in [6, 6.07) is 6.19. The number of rotatable bonds is 5. The molecule has 1 amide bonds. The van der Waals surface area contributed by atoms with E-state index in [0.29, 0.717) is 13.0 Å². The smallest absolute Gasteiger partial charge is 0.222 e. The van der Waals surface area contributed by atoms with Crippen LogP contribution < -0.4 is 10.1 Å². The van der Waals surface area contributed by atoms with E-state index in [-0.39, 0.29) is 5.91 Å². The second kappa shape index (κ2) is 7.29. The molecule has 4 heteroatoms. The van der Waals surface area contributed by atoms with Gasteiger partial charge in [-0.2, -0.15) is 0 Å². The van der Waals surface area contributed by atoms with Crippen LogP contribution in [-0.2, 0) is 4.79 Å². The van der Waals surface area contributed by atoms with Crippen molar-refractivity contribution in [2.24, 2.45) is 0 Å². The molecule has 1 fully saturated rings. The lowest BCUT2D eigenvalue weighted by atomic mass is 10.1. The zero-order valence-corrected chi connectivity index (χ0v) is 12.4. The molecule has 1 heterocycles. The molecule has 2 rings (SSSR count). The molecule has 20 heavy (non-hydrogen) atoms. The molecular formula is C16H24N2O2. The van der Waals surface area contributed by atoms with Gasteiger partial charge in [0.2, 0.25) is 5.91 Å². The Morgan fingerprint density at radius 1 is 1.30 bits per heavy atom. The number of nitrogens with zero attached hydrogens (tertiary/aromatic N) is 1. The van der Waals surface area contributed by atoms with Crippen molar-refractivity contribution in [1.29, 1.82) is 0 Å². The van der Waals surface area contributed by atoms with E-state index in [1.54, 1.807) is 0 Å². The summed E-state index contributed by atoms with van der Waals surface area (Å²) in [6.07, 6.45) is 1.35. The highest BCUT2D eigenvalue weighted by molar-refractivity contribution is 5.76. The predicted molar refractivity (Wildman–Crippen MR) is 80.1 cm³/mol. The average molecular weight is 276 g/mol. The Hall–Kier alpha value is -1.55. The summed E-state index contributed by atoms with van der Waals surface area (Å²) < 4.78 is 5.77. The molecule has 1 N–H and O–H groups in total. The third kappa shape index (κ3) is 4.23. The SMILES string of the molecule is Cc1ccc(C)c(OCCCC(=O)N2CCNCC2)c1. The predicted octanol–water partition coefficient (Wildman–Crippen LogP) is 1.89. The molecule has 110 valence electrons. The Labute approximate surface area is 121 Å². The molecular weight excluding hydrogens is 252 g/mol. The molecule has 1 aliphatic heterocycles. The molecule has 0 atom stereocenters. The van der Waals surface area contributed by atoms with Gasteiger partial charge in [-0.3, -0.25) is 4.79 Å². The fourth-order valence-corrected chi connectivity index (χ4v) is 2.34. The summed E-state index contributed by atoms with van der Waals surface area (Å²) >= 11 is 0. The molecule has 0 aromatic heterocycles. The van der Waals surface area contributed by atoms with Gasteiger partial charge in [-0.05, 0) is 37.5 Å². The van der Waals surface area contributed by atoms with E-state index in [4.69, 9.17) is 4.74 Å². The first-order valence-corrected chi connectivity index (χ1v) is 7.35. The molecule has 1 aliphatic rings. The monoisotopic (exact) mass is 276 g/mol. The summed E-state index contributed by atoms with van der Waals surface area (Å²) in [4.78, 5) is 13.9. The third-order valence-electron chi connectivity index (χ3n) is 3.61. The van der Waals surface area contributed by atoms with Crippen molar-refractivity contribution in [3.05, 3.63) is 29.3 Å². The first-order valence-electron chi connectivity index (χ1n) is 7.35. The molecule has 0 aliphatic carbocycles. The molecule has 0 saturated carbocycles. The number of ether oxygens (including phenoxy) is 1. The van der Waals surface area contributed by atoms with Crippen molar-refractivity contribution in [3.8, 4) is 5.75 Å². The second-order valence-electron chi connectivity index (χ2n) is 5.35. The Morgan fingerprint density at radius 3 is 2.80 bits per heavy atom. The minimum Gasteiger partial charge on any atom is -0.493 e. The number of carbonyl (C=O) groups is 1. The topological polar surface area (TPSA) is 41.6 Å². The van der Waals surface area contributed by atoms with Gasteiger partial charge in [0.15, 0.2) is 0 Å². The van der Waals surface area contributed by atoms with E-state index in [1.807, 2.05) is 17.9 Å². The summed E-state index contributed by atoms with van der Waals surface area (Å²) in [7, 11) is 0. The lowest BCUT2D eigenvalue weighted by Gasteiger charge is -2.27. The van der Waals surface area contributed by atoms with E-state index < -0.39 is 0 Å². The summed E-state index contributed by atoms with van der Waals surface area (Å²) in [5.74, 6) is 1.18. The van der Waals surface area contributed by atoms with Crippen LogP contribution in [0.2, 0.25) is 0 Å². The van der Waals surface area contributed by atoms with Gasteiger partial charge in [-0.25, -0.2) is 0 Å². The van der Waals surface area contributed by atoms with Crippen LogP contribution in [-0.4, -0.2) is 43.6 Å². The van der Waals surface area contributed by atoms with Gasteiger partial charge in [0.05, 0.1) is 6.61 Å². The van der Waals surface area contributed by atoms with Crippen LogP contribution in [0.4, 0.5) is 0 Å². The molecule has 0 bridgehead atoms. The fourth-order valence-electron chi connectivity index (χ4n) is 2.34. The number of hydrogen-bond acceptors (Lipinski definition) is 3. The van der Waals surface area contributed by atoms with Crippen LogP contribution >= 0.6 is 0 Å². The average Bonchev–Trinajstić information content (AvgIpc) is 2.47. The molecule has 0 spiro atoms. The number of piperazine rings is 1. The highest BCUT2D eigenvalue weighted by Crippen LogP contribution is 2.19. The zero-order valence-electron chi connectivity index (χ0n) is 12.4.